The molecule has 0 spiro atoms. The first kappa shape index (κ1) is 12.9. The van der Waals surface area contributed by atoms with Crippen LogP contribution in [0.25, 0.3) is 5.70 Å². The van der Waals surface area contributed by atoms with E-state index in [0.717, 1.165) is 36.5 Å². The molecule has 0 saturated heterocycles. The Morgan fingerprint density at radius 1 is 1.45 bits per heavy atom. The number of ketones is 1. The second-order valence-electron chi connectivity index (χ2n) is 5.23. The molecule has 1 N–H and O–H groups in total. The summed E-state index contributed by atoms with van der Waals surface area (Å²) in [5.41, 5.74) is 3.07. The van der Waals surface area contributed by atoms with Crippen LogP contribution < -0.4 is 10.2 Å². The van der Waals surface area contributed by atoms with Crippen molar-refractivity contribution in [2.45, 2.75) is 26.2 Å². The first-order valence-electron chi connectivity index (χ1n) is 6.81. The number of ether oxygens (including phenoxy) is 1. The van der Waals surface area contributed by atoms with Gasteiger partial charge in [0.25, 0.3) is 0 Å². The highest BCUT2D eigenvalue weighted by Crippen LogP contribution is 2.29. The Labute approximate surface area is 117 Å². The maximum atomic E-state index is 11.3. The largest absolute Gasteiger partial charge is 0.479 e. The molecule has 1 aromatic heterocycles. The molecule has 0 amide bonds. The molecular weight excluding hydrogens is 256 g/mol. The first-order valence-corrected chi connectivity index (χ1v) is 6.81. The molecule has 0 radical (unpaired) electrons. The molecule has 0 unspecified atom stereocenters. The van der Waals surface area contributed by atoms with Crippen molar-refractivity contribution in [3.8, 4) is 0 Å². The van der Waals surface area contributed by atoms with Gasteiger partial charge in [-0.3, -0.25) is 4.79 Å². The van der Waals surface area contributed by atoms with Crippen molar-refractivity contribution in [1.29, 1.82) is 0 Å². The second kappa shape index (κ2) is 5.11. The molecule has 1 aliphatic heterocycles. The normalized spacial score (nSPS) is 16.2. The van der Waals surface area contributed by atoms with Crippen LogP contribution in [0.5, 0.6) is 0 Å². The lowest BCUT2D eigenvalue weighted by molar-refractivity contribution is -0.115. The van der Waals surface area contributed by atoms with Crippen molar-refractivity contribution >= 4 is 17.3 Å². The Morgan fingerprint density at radius 2 is 2.30 bits per heavy atom. The number of aromatic nitrogens is 2. The lowest BCUT2D eigenvalue weighted by Crippen LogP contribution is -2.27. The number of aryl methyl sites for hydroxylation is 1. The third-order valence-corrected chi connectivity index (χ3v) is 3.52. The Hall–Kier alpha value is -2.11. The van der Waals surface area contributed by atoms with E-state index in [4.69, 9.17) is 4.74 Å². The lowest BCUT2D eigenvalue weighted by Gasteiger charge is -2.20. The summed E-state index contributed by atoms with van der Waals surface area (Å²) < 4.78 is 5.17. The van der Waals surface area contributed by atoms with E-state index in [1.54, 1.807) is 13.2 Å². The van der Waals surface area contributed by atoms with E-state index < -0.39 is 0 Å². The third-order valence-electron chi connectivity index (χ3n) is 3.52. The van der Waals surface area contributed by atoms with Gasteiger partial charge in [0.2, 0.25) is 0 Å². The minimum absolute atomic E-state index is 0.126. The summed E-state index contributed by atoms with van der Waals surface area (Å²) in [5.74, 6) is 1.64. The zero-order chi connectivity index (χ0) is 14.1. The maximum Gasteiger partial charge on any atom is 0.181 e. The average molecular weight is 274 g/mol. The molecule has 20 heavy (non-hydrogen) atoms. The van der Waals surface area contributed by atoms with Crippen molar-refractivity contribution in [2.24, 2.45) is 0 Å². The van der Waals surface area contributed by atoms with Crippen molar-refractivity contribution in [2.75, 3.05) is 25.2 Å². The lowest BCUT2D eigenvalue weighted by atomic mass is 10.2. The highest BCUT2D eigenvalue weighted by Gasteiger charge is 2.23. The topological polar surface area (TPSA) is 67.4 Å². The fourth-order valence-electron chi connectivity index (χ4n) is 2.68. The molecule has 0 fully saturated rings. The van der Waals surface area contributed by atoms with Gasteiger partial charge in [-0.1, -0.05) is 0 Å². The van der Waals surface area contributed by atoms with Crippen molar-refractivity contribution in [1.82, 2.24) is 15.3 Å². The summed E-state index contributed by atoms with van der Waals surface area (Å²) >= 11 is 0. The number of carbonyl (C=O) groups is 1. The summed E-state index contributed by atoms with van der Waals surface area (Å²) in [6.45, 7) is 2.41. The van der Waals surface area contributed by atoms with Gasteiger partial charge in [0, 0.05) is 18.3 Å². The summed E-state index contributed by atoms with van der Waals surface area (Å²) in [4.78, 5) is 22.5. The molecule has 106 valence electrons. The van der Waals surface area contributed by atoms with Crippen LogP contribution in [-0.4, -0.2) is 36.1 Å². The maximum absolute atomic E-state index is 11.3. The van der Waals surface area contributed by atoms with Crippen molar-refractivity contribution in [3.05, 3.63) is 23.3 Å². The van der Waals surface area contributed by atoms with E-state index in [0.29, 0.717) is 19.1 Å². The molecule has 2 heterocycles. The second-order valence-corrected chi connectivity index (χ2v) is 5.23. The number of carbonyl (C=O) groups excluding carboxylic acids is 1. The van der Waals surface area contributed by atoms with Crippen LogP contribution in [0.3, 0.4) is 0 Å². The van der Waals surface area contributed by atoms with E-state index in [-0.39, 0.29) is 5.78 Å². The Morgan fingerprint density at radius 3 is 3.00 bits per heavy atom. The first-order chi connectivity index (χ1) is 9.65. The van der Waals surface area contributed by atoms with E-state index in [2.05, 4.69) is 15.3 Å². The number of likely N-dealkylation sites (N-methyl/N-ethyl adjacent to an activating group) is 1. The van der Waals surface area contributed by atoms with Crippen LogP contribution in [0, 0.1) is 0 Å². The quantitative estimate of drug-likeness (QED) is 0.878. The number of anilines is 1. The molecule has 0 atom stereocenters. The predicted molar refractivity (Wildman–Crippen MR) is 75.1 cm³/mol. The zero-order valence-corrected chi connectivity index (χ0v) is 11.8. The van der Waals surface area contributed by atoms with Crippen molar-refractivity contribution in [3.63, 3.8) is 0 Å². The van der Waals surface area contributed by atoms with Gasteiger partial charge < -0.3 is 15.0 Å². The molecule has 0 aromatic carbocycles. The van der Waals surface area contributed by atoms with Crippen molar-refractivity contribution < 1.29 is 9.53 Å². The van der Waals surface area contributed by atoms with Crippen LogP contribution >= 0.6 is 0 Å². The highest BCUT2D eigenvalue weighted by atomic mass is 16.5. The van der Waals surface area contributed by atoms with E-state index in [1.165, 1.54) is 5.56 Å². The number of hydrogen-bond acceptors (Lipinski definition) is 6. The molecule has 0 saturated carbocycles. The van der Waals surface area contributed by atoms with Gasteiger partial charge in [-0.15, -0.1) is 0 Å². The van der Waals surface area contributed by atoms with Gasteiger partial charge in [0.15, 0.2) is 12.6 Å². The number of fused-ring (bicyclic) bond motifs is 1. The number of nitrogens with one attached hydrogen (secondary N) is 1. The number of rotatable bonds is 4. The molecule has 2 aliphatic rings. The Kier molecular flexibility index (Phi) is 3.30. The van der Waals surface area contributed by atoms with Gasteiger partial charge in [-0.2, -0.15) is 0 Å². The summed E-state index contributed by atoms with van der Waals surface area (Å²) in [5, 5.41) is 3.10. The SMILES string of the molecule is CC(=O)CN(C)c1nc(C2=COCN2)nc2c1CCC2. The van der Waals surface area contributed by atoms with Crippen LogP contribution in [0.2, 0.25) is 0 Å². The molecule has 6 nitrogen and oxygen atoms in total. The minimum atomic E-state index is 0.126. The fraction of sp³-hybridized carbons (Fsp3) is 0.500. The molecule has 6 heteroatoms. The third kappa shape index (κ3) is 2.33. The van der Waals surface area contributed by atoms with Crippen LogP contribution in [-0.2, 0) is 22.4 Å². The smallest absolute Gasteiger partial charge is 0.181 e. The van der Waals surface area contributed by atoms with Gasteiger partial charge >= 0.3 is 0 Å². The number of Topliss-reactive ketones (excluding diaryl/α,β-unsaturated/α-hetero) is 1. The van der Waals surface area contributed by atoms with E-state index in [1.807, 2.05) is 11.9 Å². The highest BCUT2D eigenvalue weighted by molar-refractivity contribution is 5.81. The summed E-state index contributed by atoms with van der Waals surface area (Å²) in [7, 11) is 1.90. The fourth-order valence-corrected chi connectivity index (χ4v) is 2.68. The van der Waals surface area contributed by atoms with Gasteiger partial charge in [0.05, 0.1) is 6.54 Å². The van der Waals surface area contributed by atoms with Crippen LogP contribution in [0.4, 0.5) is 5.82 Å². The van der Waals surface area contributed by atoms with Gasteiger partial charge in [-0.05, 0) is 26.2 Å². The van der Waals surface area contributed by atoms with Gasteiger partial charge in [0.1, 0.15) is 23.6 Å². The zero-order valence-electron chi connectivity index (χ0n) is 11.8. The van der Waals surface area contributed by atoms with E-state index >= 15 is 0 Å². The Bertz CT molecular complexity index is 583. The van der Waals surface area contributed by atoms with Crippen LogP contribution in [0.15, 0.2) is 6.26 Å². The van der Waals surface area contributed by atoms with E-state index in [9.17, 15) is 4.79 Å². The molecular formula is C14H18N4O2. The molecule has 1 aromatic rings. The number of hydrogen-bond donors (Lipinski definition) is 1. The monoisotopic (exact) mass is 274 g/mol. The molecule has 1 aliphatic carbocycles. The predicted octanol–water partition coefficient (Wildman–Crippen LogP) is 0.866. The average Bonchev–Trinajstić information content (AvgIpc) is 3.07. The van der Waals surface area contributed by atoms with Gasteiger partial charge in [-0.25, -0.2) is 9.97 Å². The molecule has 0 bridgehead atoms. The standard InChI is InChI=1S/C14H18N4O2/c1-9(19)6-18(2)14-10-4-3-5-11(10)16-13(17-14)12-7-20-8-15-12/h7,15H,3-6,8H2,1-2H3. The summed E-state index contributed by atoms with van der Waals surface area (Å²) in [6.07, 6.45) is 4.69. The number of nitrogens with zero attached hydrogens (tertiary/aromatic N) is 3. The minimum Gasteiger partial charge on any atom is -0.479 e. The van der Waals surface area contributed by atoms with Crippen LogP contribution in [0.1, 0.15) is 30.4 Å². The molecule has 3 rings (SSSR count). The Balaban J connectivity index is 2.01. The summed E-state index contributed by atoms with van der Waals surface area (Å²) in [6, 6.07) is 0.